The lowest BCUT2D eigenvalue weighted by atomic mass is 10.1. The zero-order valence-electron chi connectivity index (χ0n) is 10.4. The molecule has 1 unspecified atom stereocenters. The van der Waals surface area contributed by atoms with E-state index in [1.54, 1.807) is 12.2 Å². The maximum atomic E-state index is 11.0. The zero-order chi connectivity index (χ0) is 12.8. The van der Waals surface area contributed by atoms with Crippen molar-refractivity contribution in [1.82, 2.24) is 5.32 Å². The van der Waals surface area contributed by atoms with Crippen molar-refractivity contribution >= 4 is 11.9 Å². The Bertz CT molecular complexity index is 288. The number of esters is 2. The van der Waals surface area contributed by atoms with Crippen molar-refractivity contribution in [3.63, 3.8) is 0 Å². The number of hydrogen-bond donors (Lipinski definition) is 1. The Balaban J connectivity index is 2.63. The highest BCUT2D eigenvalue weighted by molar-refractivity contribution is 5.67. The molecule has 0 aliphatic heterocycles. The molecule has 96 valence electrons. The third-order valence-electron chi connectivity index (χ3n) is 2.43. The van der Waals surface area contributed by atoms with Gasteiger partial charge in [0.05, 0.1) is 6.04 Å². The molecule has 0 saturated heterocycles. The van der Waals surface area contributed by atoms with E-state index >= 15 is 0 Å². The van der Waals surface area contributed by atoms with E-state index in [0.29, 0.717) is 0 Å². The van der Waals surface area contributed by atoms with Gasteiger partial charge in [0.1, 0.15) is 12.2 Å². The van der Waals surface area contributed by atoms with E-state index in [1.165, 1.54) is 13.8 Å². The van der Waals surface area contributed by atoms with Crippen LogP contribution in [0.3, 0.4) is 0 Å². The fraction of sp³-hybridized carbons (Fsp3) is 0.667. The normalized spacial score (nSPS) is 26.9. The number of rotatable bonds is 5. The molecule has 0 aromatic carbocycles. The molecule has 3 atom stereocenters. The topological polar surface area (TPSA) is 64.6 Å². The van der Waals surface area contributed by atoms with Gasteiger partial charge in [-0.2, -0.15) is 0 Å². The van der Waals surface area contributed by atoms with Crippen LogP contribution in [0, 0.1) is 0 Å². The number of carbonyl (C=O) groups excluding carboxylic acids is 2. The molecule has 1 aliphatic carbocycles. The largest absolute Gasteiger partial charge is 0.456 e. The predicted octanol–water partition coefficient (Wildman–Crippen LogP) is 0.788. The van der Waals surface area contributed by atoms with Crippen LogP contribution in [0.1, 0.15) is 27.2 Å². The number of nitrogens with one attached hydrogen (secondary N) is 1. The second-order valence-electron chi connectivity index (χ2n) is 4.01. The molecule has 0 heterocycles. The first-order valence-electron chi connectivity index (χ1n) is 5.80. The van der Waals surface area contributed by atoms with E-state index in [9.17, 15) is 9.59 Å². The summed E-state index contributed by atoms with van der Waals surface area (Å²) in [4.78, 5) is 21.9. The smallest absolute Gasteiger partial charge is 0.303 e. The van der Waals surface area contributed by atoms with E-state index in [4.69, 9.17) is 9.47 Å². The summed E-state index contributed by atoms with van der Waals surface area (Å²) in [6, 6.07) is -0.192. The van der Waals surface area contributed by atoms with Crippen molar-refractivity contribution in [2.75, 3.05) is 6.54 Å². The lowest BCUT2D eigenvalue weighted by molar-refractivity contribution is -0.149. The molecule has 0 saturated carbocycles. The molecule has 0 aromatic heterocycles. The van der Waals surface area contributed by atoms with E-state index in [2.05, 4.69) is 5.32 Å². The molecule has 0 bridgehead atoms. The van der Waals surface area contributed by atoms with Gasteiger partial charge in [-0.3, -0.25) is 9.59 Å². The Kier molecular flexibility index (Phi) is 5.15. The molecule has 0 amide bonds. The van der Waals surface area contributed by atoms with Crippen LogP contribution in [-0.4, -0.2) is 36.7 Å². The quantitative estimate of drug-likeness (QED) is 0.569. The fourth-order valence-corrected chi connectivity index (χ4v) is 1.80. The summed E-state index contributed by atoms with van der Waals surface area (Å²) in [5.74, 6) is -0.683. The van der Waals surface area contributed by atoms with Crippen LogP contribution < -0.4 is 5.32 Å². The van der Waals surface area contributed by atoms with Crippen molar-refractivity contribution in [1.29, 1.82) is 0 Å². The van der Waals surface area contributed by atoms with Gasteiger partial charge in [0.15, 0.2) is 0 Å². The van der Waals surface area contributed by atoms with Crippen molar-refractivity contribution < 1.29 is 19.1 Å². The second kappa shape index (κ2) is 6.39. The van der Waals surface area contributed by atoms with Crippen LogP contribution in [0.15, 0.2) is 12.2 Å². The average molecular weight is 241 g/mol. The molecule has 0 spiro atoms. The minimum absolute atomic E-state index is 0.192. The lowest BCUT2D eigenvalue weighted by Crippen LogP contribution is -2.47. The van der Waals surface area contributed by atoms with E-state index in [-0.39, 0.29) is 30.2 Å². The molecule has 1 aliphatic rings. The standard InChI is InChI=1S/C12H19NO4/c1-4-7-13-12-10(16-8(2)14)5-6-11(12)17-9(3)15/h5-6,10-13H,4,7H2,1-3H3/t10-,11+,12?. The van der Waals surface area contributed by atoms with Crippen LogP contribution in [0.5, 0.6) is 0 Å². The molecule has 0 fully saturated rings. The first-order chi connectivity index (χ1) is 8.04. The maximum Gasteiger partial charge on any atom is 0.303 e. The summed E-state index contributed by atoms with van der Waals surface area (Å²) in [5, 5.41) is 3.23. The third-order valence-corrected chi connectivity index (χ3v) is 2.43. The average Bonchev–Trinajstić information content (AvgIpc) is 2.56. The molecular formula is C12H19NO4. The Hall–Kier alpha value is -1.36. The van der Waals surface area contributed by atoms with Crippen LogP contribution in [0.4, 0.5) is 0 Å². The monoisotopic (exact) mass is 241 g/mol. The molecule has 1 rings (SSSR count). The second-order valence-corrected chi connectivity index (χ2v) is 4.01. The summed E-state index contributed by atoms with van der Waals surface area (Å²) in [6.45, 7) is 5.55. The van der Waals surface area contributed by atoms with Gasteiger partial charge in [0.25, 0.3) is 0 Å². The van der Waals surface area contributed by atoms with Gasteiger partial charge in [-0.15, -0.1) is 0 Å². The highest BCUT2D eigenvalue weighted by Gasteiger charge is 2.35. The molecule has 0 radical (unpaired) electrons. The van der Waals surface area contributed by atoms with Gasteiger partial charge in [0.2, 0.25) is 0 Å². The van der Waals surface area contributed by atoms with Crippen molar-refractivity contribution in [3.05, 3.63) is 12.2 Å². The van der Waals surface area contributed by atoms with Crippen molar-refractivity contribution in [2.24, 2.45) is 0 Å². The Labute approximate surface area is 101 Å². The SMILES string of the molecule is CCCNC1[C@@H](OC(C)=O)C=C[C@H]1OC(C)=O. The summed E-state index contributed by atoms with van der Waals surface area (Å²) in [5.41, 5.74) is 0. The highest BCUT2D eigenvalue weighted by atomic mass is 16.6. The molecule has 5 nitrogen and oxygen atoms in total. The van der Waals surface area contributed by atoms with E-state index in [0.717, 1.165) is 13.0 Å². The van der Waals surface area contributed by atoms with Crippen LogP contribution in [-0.2, 0) is 19.1 Å². The number of carbonyl (C=O) groups is 2. The van der Waals surface area contributed by atoms with Crippen molar-refractivity contribution in [3.8, 4) is 0 Å². The Morgan fingerprint density at radius 1 is 1.12 bits per heavy atom. The number of ether oxygens (including phenoxy) is 2. The van der Waals surface area contributed by atoms with Crippen LogP contribution in [0.2, 0.25) is 0 Å². The predicted molar refractivity (Wildman–Crippen MR) is 62.3 cm³/mol. The summed E-state index contributed by atoms with van der Waals surface area (Å²) in [6.07, 6.45) is 3.72. The van der Waals surface area contributed by atoms with Crippen molar-refractivity contribution in [2.45, 2.75) is 45.4 Å². The Morgan fingerprint density at radius 2 is 1.59 bits per heavy atom. The minimum Gasteiger partial charge on any atom is -0.456 e. The molecule has 1 N–H and O–H groups in total. The summed E-state index contributed by atoms with van der Waals surface area (Å²) in [7, 11) is 0. The van der Waals surface area contributed by atoms with E-state index in [1.807, 2.05) is 6.92 Å². The molecular weight excluding hydrogens is 222 g/mol. The summed E-state index contributed by atoms with van der Waals surface area (Å²) < 4.78 is 10.3. The van der Waals surface area contributed by atoms with Crippen LogP contribution >= 0.6 is 0 Å². The maximum absolute atomic E-state index is 11.0. The van der Waals surface area contributed by atoms with Crippen LogP contribution in [0.25, 0.3) is 0 Å². The minimum atomic E-state index is -0.372. The fourth-order valence-electron chi connectivity index (χ4n) is 1.80. The van der Waals surface area contributed by atoms with Gasteiger partial charge >= 0.3 is 11.9 Å². The first-order valence-corrected chi connectivity index (χ1v) is 5.80. The van der Waals surface area contributed by atoms with Gasteiger partial charge in [0, 0.05) is 13.8 Å². The van der Waals surface area contributed by atoms with Gasteiger partial charge in [-0.25, -0.2) is 0 Å². The zero-order valence-corrected chi connectivity index (χ0v) is 10.4. The molecule has 0 aromatic rings. The Morgan fingerprint density at radius 3 is 1.94 bits per heavy atom. The van der Waals surface area contributed by atoms with Gasteiger partial charge < -0.3 is 14.8 Å². The first kappa shape index (κ1) is 13.7. The van der Waals surface area contributed by atoms with Gasteiger partial charge in [-0.05, 0) is 25.1 Å². The highest BCUT2D eigenvalue weighted by Crippen LogP contribution is 2.19. The lowest BCUT2D eigenvalue weighted by Gasteiger charge is -2.25. The number of hydrogen-bond acceptors (Lipinski definition) is 5. The summed E-state index contributed by atoms with van der Waals surface area (Å²) >= 11 is 0. The van der Waals surface area contributed by atoms with Gasteiger partial charge in [-0.1, -0.05) is 6.92 Å². The molecule has 17 heavy (non-hydrogen) atoms. The molecule has 5 heteroatoms. The third kappa shape index (κ3) is 4.19. The van der Waals surface area contributed by atoms with E-state index < -0.39 is 0 Å².